The van der Waals surface area contributed by atoms with E-state index < -0.39 is 77.0 Å². The van der Waals surface area contributed by atoms with Gasteiger partial charge in [0.2, 0.25) is 5.91 Å². The van der Waals surface area contributed by atoms with Crippen molar-refractivity contribution in [1.82, 2.24) is 4.98 Å². The van der Waals surface area contributed by atoms with Crippen molar-refractivity contribution in [3.8, 4) is 0 Å². The highest BCUT2D eigenvalue weighted by Gasteiger charge is 2.64. The zero-order valence-electron chi connectivity index (χ0n) is 16.3. The van der Waals surface area contributed by atoms with E-state index in [-0.39, 0.29) is 17.7 Å². The molecule has 1 unspecified atom stereocenters. The Morgan fingerprint density at radius 3 is 2.25 bits per heavy atom. The third kappa shape index (κ3) is 3.78. The number of pyridine rings is 1. The molecule has 0 radical (unpaired) electrons. The van der Waals surface area contributed by atoms with Gasteiger partial charge in [-0.25, -0.2) is 18.2 Å². The SMILES string of the molecule is CCC(C1=C(C(N)=O)Cc2cccnc2N1c1c(F)cc(F)cc1F)C(F)(F)C(F)(F)F. The van der Waals surface area contributed by atoms with Crippen molar-refractivity contribution in [3.05, 3.63) is 64.7 Å². The van der Waals surface area contributed by atoms with Crippen molar-refractivity contribution >= 4 is 17.4 Å². The summed E-state index contributed by atoms with van der Waals surface area (Å²) in [7, 11) is 0. The molecule has 0 fully saturated rings. The molecule has 1 atom stereocenters. The summed E-state index contributed by atoms with van der Waals surface area (Å²) in [5.74, 6) is -14.5. The summed E-state index contributed by atoms with van der Waals surface area (Å²) >= 11 is 0. The van der Waals surface area contributed by atoms with E-state index in [1.54, 1.807) is 0 Å². The number of benzene rings is 1. The van der Waals surface area contributed by atoms with Crippen LogP contribution in [-0.2, 0) is 11.2 Å². The summed E-state index contributed by atoms with van der Waals surface area (Å²) in [4.78, 5) is 16.3. The molecule has 1 aliphatic heterocycles. The van der Waals surface area contributed by atoms with Crippen molar-refractivity contribution in [2.45, 2.75) is 31.9 Å². The quantitative estimate of drug-likeness (QED) is 0.621. The fourth-order valence-corrected chi connectivity index (χ4v) is 3.67. The van der Waals surface area contributed by atoms with Crippen molar-refractivity contribution in [2.75, 3.05) is 4.90 Å². The zero-order valence-corrected chi connectivity index (χ0v) is 16.3. The van der Waals surface area contributed by atoms with Crippen molar-refractivity contribution in [2.24, 2.45) is 11.7 Å². The average molecular weight is 465 g/mol. The van der Waals surface area contributed by atoms with Crippen molar-refractivity contribution in [1.29, 1.82) is 0 Å². The highest BCUT2D eigenvalue weighted by Crippen LogP contribution is 2.51. The number of allylic oxidation sites excluding steroid dienone is 1. The lowest BCUT2D eigenvalue weighted by Crippen LogP contribution is -2.48. The Labute approximate surface area is 176 Å². The van der Waals surface area contributed by atoms with Gasteiger partial charge in [-0.3, -0.25) is 9.69 Å². The summed E-state index contributed by atoms with van der Waals surface area (Å²) in [5.41, 5.74) is 2.43. The van der Waals surface area contributed by atoms with E-state index in [0.29, 0.717) is 4.90 Å². The number of nitrogens with zero attached hydrogens (tertiary/aromatic N) is 2. The smallest absolute Gasteiger partial charge is 0.366 e. The number of anilines is 2. The van der Waals surface area contributed by atoms with Gasteiger partial charge >= 0.3 is 12.1 Å². The van der Waals surface area contributed by atoms with E-state index in [1.807, 2.05) is 0 Å². The van der Waals surface area contributed by atoms with Crippen molar-refractivity contribution in [3.63, 3.8) is 0 Å². The Bertz CT molecular complexity index is 1070. The predicted octanol–water partition coefficient (Wildman–Crippen LogP) is 5.16. The minimum atomic E-state index is -6.06. The lowest BCUT2D eigenvalue weighted by molar-refractivity contribution is -0.298. The molecule has 12 heteroatoms. The first-order valence-corrected chi connectivity index (χ1v) is 9.17. The lowest BCUT2D eigenvalue weighted by Gasteiger charge is -2.40. The summed E-state index contributed by atoms with van der Waals surface area (Å²) in [6.07, 6.45) is -6.33. The minimum Gasteiger partial charge on any atom is -0.366 e. The van der Waals surface area contributed by atoms with E-state index in [2.05, 4.69) is 4.98 Å². The Morgan fingerprint density at radius 1 is 1.16 bits per heavy atom. The fourth-order valence-electron chi connectivity index (χ4n) is 3.67. The Balaban J connectivity index is 2.43. The van der Waals surface area contributed by atoms with E-state index >= 15 is 0 Å². The van der Waals surface area contributed by atoms with Crippen LogP contribution in [0.5, 0.6) is 0 Å². The molecule has 172 valence electrons. The van der Waals surface area contributed by atoms with E-state index in [9.17, 15) is 39.9 Å². The molecule has 0 aliphatic carbocycles. The van der Waals surface area contributed by atoms with Crippen molar-refractivity contribution < 1.29 is 39.9 Å². The molecule has 2 aromatic rings. The number of amides is 1. The van der Waals surface area contributed by atoms with Crippen LogP contribution in [0.25, 0.3) is 0 Å². The molecular formula is C20H15F8N3O. The molecule has 0 spiro atoms. The number of fused-ring (bicyclic) bond motifs is 1. The standard InChI is InChI=1S/C20H15F8N3O/c1-2-12(19(24,25)20(26,27)28)15-11(17(29)32)6-9-4-3-5-30-18(9)31(15)16-13(22)7-10(21)8-14(16)23/h3-5,7-8,12H,2,6H2,1H3,(H2,29,32). The van der Waals surface area contributed by atoms with Crippen LogP contribution < -0.4 is 10.6 Å². The summed E-state index contributed by atoms with van der Waals surface area (Å²) < 4.78 is 112. The molecular weight excluding hydrogens is 450 g/mol. The Hall–Kier alpha value is -3.18. The third-order valence-electron chi connectivity index (χ3n) is 5.05. The van der Waals surface area contributed by atoms with Crippen LogP contribution in [0.3, 0.4) is 0 Å². The largest absolute Gasteiger partial charge is 0.453 e. The maximum atomic E-state index is 14.7. The first kappa shape index (κ1) is 23.5. The summed E-state index contributed by atoms with van der Waals surface area (Å²) in [6, 6.07) is 3.14. The highest BCUT2D eigenvalue weighted by molar-refractivity contribution is 5.96. The molecule has 3 rings (SSSR count). The normalized spacial score (nSPS) is 15.6. The second-order valence-corrected chi connectivity index (χ2v) is 7.03. The number of carbonyl (C=O) groups is 1. The molecule has 2 N–H and O–H groups in total. The van der Waals surface area contributed by atoms with E-state index in [1.165, 1.54) is 12.1 Å². The third-order valence-corrected chi connectivity index (χ3v) is 5.05. The lowest BCUT2D eigenvalue weighted by atomic mass is 9.85. The maximum absolute atomic E-state index is 14.7. The maximum Gasteiger partial charge on any atom is 0.453 e. The van der Waals surface area contributed by atoms with E-state index in [4.69, 9.17) is 5.73 Å². The average Bonchev–Trinajstić information content (AvgIpc) is 2.67. The first-order chi connectivity index (χ1) is 14.8. The Kier molecular flexibility index (Phi) is 5.92. The molecule has 32 heavy (non-hydrogen) atoms. The second kappa shape index (κ2) is 8.06. The van der Waals surface area contributed by atoms with Gasteiger partial charge < -0.3 is 5.73 Å². The highest BCUT2D eigenvalue weighted by atomic mass is 19.4. The van der Waals surface area contributed by atoms with Gasteiger partial charge in [0.25, 0.3) is 0 Å². The van der Waals surface area contributed by atoms with Gasteiger partial charge in [0.15, 0.2) is 11.6 Å². The number of hydrogen-bond acceptors (Lipinski definition) is 3. The van der Waals surface area contributed by atoms with Gasteiger partial charge in [0, 0.05) is 41.6 Å². The van der Waals surface area contributed by atoms with Crippen LogP contribution in [0.4, 0.5) is 46.6 Å². The second-order valence-electron chi connectivity index (χ2n) is 7.03. The number of carbonyl (C=O) groups excluding carboxylic acids is 1. The van der Waals surface area contributed by atoms with Gasteiger partial charge in [0.05, 0.1) is 5.92 Å². The molecule has 1 aliphatic rings. The van der Waals surface area contributed by atoms with Crippen LogP contribution in [0.1, 0.15) is 18.9 Å². The molecule has 1 amide bonds. The molecule has 0 bridgehead atoms. The van der Waals surface area contributed by atoms with Crippen LogP contribution in [0, 0.1) is 23.4 Å². The van der Waals surface area contributed by atoms with Gasteiger partial charge in [0.1, 0.15) is 17.3 Å². The van der Waals surface area contributed by atoms with E-state index in [0.717, 1.165) is 13.1 Å². The predicted molar refractivity (Wildman–Crippen MR) is 97.4 cm³/mol. The number of aromatic nitrogens is 1. The molecule has 1 aromatic heterocycles. The van der Waals surface area contributed by atoms with Gasteiger partial charge in [-0.05, 0) is 12.5 Å². The number of hydrogen-bond donors (Lipinski definition) is 1. The first-order valence-electron chi connectivity index (χ1n) is 9.17. The zero-order chi connectivity index (χ0) is 24.0. The molecule has 2 heterocycles. The number of rotatable bonds is 5. The summed E-state index contributed by atoms with van der Waals surface area (Å²) in [6.45, 7) is 0.986. The molecule has 1 aromatic carbocycles. The number of nitrogens with two attached hydrogens (primary N) is 1. The minimum absolute atomic E-state index is 0.0818. The molecule has 0 saturated heterocycles. The summed E-state index contributed by atoms with van der Waals surface area (Å²) in [5, 5.41) is 0. The van der Waals surface area contributed by atoms with Crippen LogP contribution in [0.15, 0.2) is 41.7 Å². The van der Waals surface area contributed by atoms with Gasteiger partial charge in [-0.15, -0.1) is 0 Å². The molecule has 0 saturated carbocycles. The Morgan fingerprint density at radius 2 is 1.75 bits per heavy atom. The van der Waals surface area contributed by atoms with Crippen LogP contribution in [0.2, 0.25) is 0 Å². The van der Waals surface area contributed by atoms with Crippen LogP contribution in [-0.4, -0.2) is 23.0 Å². The topological polar surface area (TPSA) is 59.2 Å². The van der Waals surface area contributed by atoms with Gasteiger partial charge in [-0.2, -0.15) is 22.0 Å². The monoisotopic (exact) mass is 465 g/mol. The molecule has 4 nitrogen and oxygen atoms in total. The van der Waals surface area contributed by atoms with Gasteiger partial charge in [-0.1, -0.05) is 13.0 Å². The number of halogens is 8. The fraction of sp³-hybridized carbons (Fsp3) is 0.300. The number of primary amides is 1. The number of alkyl halides is 5. The van der Waals surface area contributed by atoms with Crippen LogP contribution >= 0.6 is 0 Å².